The molecule has 0 aromatic carbocycles. The van der Waals surface area contributed by atoms with Crippen LogP contribution in [0.5, 0.6) is 0 Å². The molecule has 0 radical (unpaired) electrons. The monoisotopic (exact) mass is 279 g/mol. The zero-order chi connectivity index (χ0) is 13.9. The molecule has 0 aromatic heterocycles. The lowest BCUT2D eigenvalue weighted by Crippen LogP contribution is -2.45. The number of nitrogens with zero attached hydrogens (tertiary/aromatic N) is 1. The van der Waals surface area contributed by atoms with Crippen LogP contribution in [-0.4, -0.2) is 48.2 Å². The minimum Gasteiger partial charge on any atom is -0.481 e. The predicted molar refractivity (Wildman–Crippen MR) is 69.9 cm³/mol. The first-order chi connectivity index (χ1) is 9.62. The van der Waals surface area contributed by atoms with Gasteiger partial charge < -0.3 is 14.7 Å². The number of carbonyl (C=O) groups excluding carboxylic acids is 1. The highest BCUT2D eigenvalue weighted by Crippen LogP contribution is 2.55. The van der Waals surface area contributed by atoms with Crippen LogP contribution in [0.4, 0.5) is 0 Å². The number of fused-ring (bicyclic) bond motifs is 1. The number of rotatable bonds is 3. The fourth-order valence-corrected chi connectivity index (χ4v) is 4.25. The highest BCUT2D eigenvalue weighted by molar-refractivity contribution is 5.84. The van der Waals surface area contributed by atoms with E-state index in [1.807, 2.05) is 4.90 Å². The minimum absolute atomic E-state index is 0.0316. The van der Waals surface area contributed by atoms with Crippen LogP contribution in [0.3, 0.4) is 0 Å². The van der Waals surface area contributed by atoms with E-state index in [9.17, 15) is 14.7 Å². The summed E-state index contributed by atoms with van der Waals surface area (Å²) in [5.74, 6) is 0.991. The Morgan fingerprint density at radius 1 is 1.30 bits per heavy atom. The SMILES string of the molecule is O=C(C1CC1C1CC1)N1C[C@H]2COCC[C@@]2(C(=O)O)C1. The van der Waals surface area contributed by atoms with E-state index in [1.165, 1.54) is 12.8 Å². The van der Waals surface area contributed by atoms with Crippen LogP contribution >= 0.6 is 0 Å². The highest BCUT2D eigenvalue weighted by atomic mass is 16.5. The molecule has 2 aliphatic carbocycles. The van der Waals surface area contributed by atoms with Gasteiger partial charge in [-0.3, -0.25) is 9.59 Å². The fraction of sp³-hybridized carbons (Fsp3) is 0.867. The molecular weight excluding hydrogens is 258 g/mol. The van der Waals surface area contributed by atoms with Gasteiger partial charge >= 0.3 is 5.97 Å². The number of carboxylic acids is 1. The van der Waals surface area contributed by atoms with E-state index in [0.717, 1.165) is 12.3 Å². The van der Waals surface area contributed by atoms with E-state index in [-0.39, 0.29) is 17.7 Å². The van der Waals surface area contributed by atoms with Crippen molar-refractivity contribution in [3.63, 3.8) is 0 Å². The summed E-state index contributed by atoms with van der Waals surface area (Å²) in [7, 11) is 0. The van der Waals surface area contributed by atoms with Gasteiger partial charge in [0.25, 0.3) is 0 Å². The van der Waals surface area contributed by atoms with Gasteiger partial charge in [0.15, 0.2) is 0 Å². The van der Waals surface area contributed by atoms with E-state index in [2.05, 4.69) is 0 Å². The first-order valence-electron chi connectivity index (χ1n) is 7.72. The molecule has 2 aliphatic heterocycles. The molecule has 0 spiro atoms. The summed E-state index contributed by atoms with van der Waals surface area (Å²) < 4.78 is 5.43. The number of hydrogen-bond acceptors (Lipinski definition) is 3. The van der Waals surface area contributed by atoms with Crippen molar-refractivity contribution in [2.75, 3.05) is 26.3 Å². The Morgan fingerprint density at radius 3 is 2.75 bits per heavy atom. The Hall–Kier alpha value is -1.10. The lowest BCUT2D eigenvalue weighted by atomic mass is 9.74. The molecule has 4 rings (SSSR count). The Labute approximate surface area is 118 Å². The number of hydrogen-bond donors (Lipinski definition) is 1. The Balaban J connectivity index is 1.48. The molecule has 4 atom stereocenters. The number of carboxylic acid groups (broad SMARTS) is 1. The average Bonchev–Trinajstić information content (AvgIpc) is 3.30. The van der Waals surface area contributed by atoms with Crippen LogP contribution in [0.25, 0.3) is 0 Å². The highest BCUT2D eigenvalue weighted by Gasteiger charge is 2.58. The minimum atomic E-state index is -0.754. The van der Waals surface area contributed by atoms with Crippen molar-refractivity contribution in [3.8, 4) is 0 Å². The van der Waals surface area contributed by atoms with Crippen molar-refractivity contribution in [2.45, 2.75) is 25.7 Å². The van der Waals surface area contributed by atoms with Gasteiger partial charge in [-0.1, -0.05) is 0 Å². The van der Waals surface area contributed by atoms with Crippen LogP contribution < -0.4 is 0 Å². The second-order valence-corrected chi connectivity index (χ2v) is 7.05. The lowest BCUT2D eigenvalue weighted by Gasteiger charge is -2.33. The Morgan fingerprint density at radius 2 is 2.10 bits per heavy atom. The molecule has 5 heteroatoms. The normalized spacial score (nSPS) is 43.2. The fourth-order valence-electron chi connectivity index (χ4n) is 4.25. The van der Waals surface area contributed by atoms with E-state index in [4.69, 9.17) is 4.74 Å². The number of ether oxygens (including phenoxy) is 1. The van der Waals surface area contributed by atoms with Gasteiger partial charge in [0.2, 0.25) is 5.91 Å². The van der Waals surface area contributed by atoms with E-state index >= 15 is 0 Å². The van der Waals surface area contributed by atoms with E-state index in [0.29, 0.717) is 38.6 Å². The third-order valence-electron chi connectivity index (χ3n) is 5.83. The van der Waals surface area contributed by atoms with Crippen molar-refractivity contribution < 1.29 is 19.4 Å². The third kappa shape index (κ3) is 1.79. The maximum absolute atomic E-state index is 12.6. The van der Waals surface area contributed by atoms with Gasteiger partial charge in [-0.05, 0) is 37.5 Å². The number of carbonyl (C=O) groups is 2. The number of aliphatic carboxylic acids is 1. The molecule has 2 saturated carbocycles. The van der Waals surface area contributed by atoms with Crippen LogP contribution in [0.15, 0.2) is 0 Å². The topological polar surface area (TPSA) is 66.8 Å². The maximum Gasteiger partial charge on any atom is 0.311 e. The molecule has 20 heavy (non-hydrogen) atoms. The Bertz CT molecular complexity index is 461. The smallest absolute Gasteiger partial charge is 0.311 e. The molecule has 2 heterocycles. The van der Waals surface area contributed by atoms with Crippen LogP contribution in [0.2, 0.25) is 0 Å². The third-order valence-corrected chi connectivity index (χ3v) is 5.83. The molecule has 1 N–H and O–H groups in total. The quantitative estimate of drug-likeness (QED) is 0.836. The standard InChI is InChI=1S/C15H21NO4/c17-13(12-5-11(12)9-1-2-9)16-6-10-7-20-4-3-15(10,8-16)14(18)19/h9-12H,1-8H2,(H,18,19)/t10-,11?,12?,15+/m0/s1. The van der Waals surface area contributed by atoms with Gasteiger partial charge in [-0.15, -0.1) is 0 Å². The summed E-state index contributed by atoms with van der Waals surface area (Å²) in [6, 6.07) is 0. The van der Waals surface area contributed by atoms with E-state index in [1.54, 1.807) is 0 Å². The number of amides is 1. The summed E-state index contributed by atoms with van der Waals surface area (Å²) in [4.78, 5) is 26.1. The van der Waals surface area contributed by atoms with E-state index < -0.39 is 11.4 Å². The largest absolute Gasteiger partial charge is 0.481 e. The zero-order valence-corrected chi connectivity index (χ0v) is 11.6. The summed E-state index contributed by atoms with van der Waals surface area (Å²) in [6.07, 6.45) is 4.13. The second-order valence-electron chi connectivity index (χ2n) is 7.05. The number of likely N-dealkylation sites (tertiary alicyclic amines) is 1. The van der Waals surface area contributed by atoms with Crippen LogP contribution in [0.1, 0.15) is 25.7 Å². The summed E-state index contributed by atoms with van der Waals surface area (Å²) in [5, 5.41) is 9.61. The zero-order valence-electron chi connectivity index (χ0n) is 11.6. The average molecular weight is 279 g/mol. The van der Waals surface area contributed by atoms with Crippen molar-refractivity contribution in [1.29, 1.82) is 0 Å². The predicted octanol–water partition coefficient (Wildman–Crippen LogP) is 0.982. The molecule has 4 aliphatic rings. The molecule has 0 bridgehead atoms. The first-order valence-corrected chi connectivity index (χ1v) is 7.72. The Kier molecular flexibility index (Phi) is 2.65. The molecule has 1 amide bonds. The molecule has 2 unspecified atom stereocenters. The second kappa shape index (κ2) is 4.20. The van der Waals surface area contributed by atoms with Crippen molar-refractivity contribution in [3.05, 3.63) is 0 Å². The molecule has 0 aromatic rings. The van der Waals surface area contributed by atoms with Crippen molar-refractivity contribution in [1.82, 2.24) is 4.90 Å². The molecule has 5 nitrogen and oxygen atoms in total. The molecule has 2 saturated heterocycles. The van der Waals surface area contributed by atoms with Gasteiger partial charge in [0, 0.05) is 31.5 Å². The van der Waals surface area contributed by atoms with Gasteiger partial charge in [0.1, 0.15) is 0 Å². The van der Waals surface area contributed by atoms with Crippen LogP contribution in [-0.2, 0) is 14.3 Å². The maximum atomic E-state index is 12.6. The first kappa shape index (κ1) is 12.6. The molecule has 4 fully saturated rings. The molecular formula is C15H21NO4. The van der Waals surface area contributed by atoms with Crippen LogP contribution in [0, 0.1) is 29.1 Å². The molecule has 110 valence electrons. The van der Waals surface area contributed by atoms with Gasteiger partial charge in [-0.2, -0.15) is 0 Å². The summed E-state index contributed by atoms with van der Waals surface area (Å²) >= 11 is 0. The van der Waals surface area contributed by atoms with Crippen molar-refractivity contribution >= 4 is 11.9 Å². The van der Waals surface area contributed by atoms with Gasteiger partial charge in [0.05, 0.1) is 12.0 Å². The summed E-state index contributed by atoms with van der Waals surface area (Å²) in [6.45, 7) is 1.94. The van der Waals surface area contributed by atoms with Crippen molar-refractivity contribution in [2.24, 2.45) is 29.1 Å². The lowest BCUT2D eigenvalue weighted by molar-refractivity contribution is -0.157. The summed E-state index contributed by atoms with van der Waals surface area (Å²) in [5.41, 5.74) is -0.752. The van der Waals surface area contributed by atoms with Gasteiger partial charge in [-0.25, -0.2) is 0 Å².